The first-order valence-corrected chi connectivity index (χ1v) is 7.42. The molecule has 0 radical (unpaired) electrons. The molecule has 0 bridgehead atoms. The van der Waals surface area contributed by atoms with Crippen LogP contribution in [0.2, 0.25) is 0 Å². The zero-order valence-electron chi connectivity index (χ0n) is 12.0. The lowest BCUT2D eigenvalue weighted by Crippen LogP contribution is -2.62. The average molecular weight is 263 g/mol. The predicted molar refractivity (Wildman–Crippen MR) is 75.2 cm³/mol. The molecule has 2 heterocycles. The number of ether oxygens (including phenoxy) is 2. The highest BCUT2D eigenvalue weighted by Crippen LogP contribution is 2.53. The van der Waals surface area contributed by atoms with Crippen LogP contribution in [0.4, 0.5) is 0 Å². The van der Waals surface area contributed by atoms with Crippen molar-refractivity contribution in [2.45, 2.75) is 57.5 Å². The lowest BCUT2D eigenvalue weighted by atomic mass is 9.58. The van der Waals surface area contributed by atoms with Gasteiger partial charge in [0.2, 0.25) is 6.29 Å². The topological polar surface area (TPSA) is 44.5 Å². The number of rotatable bonds is 0. The molecule has 0 aromatic heterocycles. The Labute approximate surface area is 115 Å². The summed E-state index contributed by atoms with van der Waals surface area (Å²) in [4.78, 5) is 0. The Hall–Kier alpha value is -0.800. The molecular formula is C16H25NO2. The van der Waals surface area contributed by atoms with Crippen molar-refractivity contribution in [2.75, 3.05) is 0 Å². The Kier molecular flexibility index (Phi) is 3.02. The standard InChI is InChI=1S/C16H25NO2/c1-9-5-6-13-11(3)12(4)19-15-14(13)16(9,17)8-7-10(2)18-15/h9-10,13-15H,3-8,17H2,1-2H3/t9-,10?,13?,14?,15?,16-/m1/s1. The van der Waals surface area contributed by atoms with E-state index in [0.717, 1.165) is 31.3 Å². The van der Waals surface area contributed by atoms with Gasteiger partial charge in [0.05, 0.1) is 6.10 Å². The van der Waals surface area contributed by atoms with Gasteiger partial charge < -0.3 is 15.2 Å². The highest BCUT2D eigenvalue weighted by Gasteiger charge is 2.56. The first kappa shape index (κ1) is 13.2. The van der Waals surface area contributed by atoms with Crippen LogP contribution in [0.5, 0.6) is 0 Å². The van der Waals surface area contributed by atoms with E-state index in [1.807, 2.05) is 0 Å². The molecular weight excluding hydrogens is 238 g/mol. The molecule has 1 aliphatic carbocycles. The minimum Gasteiger partial charge on any atom is -0.465 e. The highest BCUT2D eigenvalue weighted by atomic mass is 16.7. The van der Waals surface area contributed by atoms with Crippen LogP contribution in [0.25, 0.3) is 0 Å². The van der Waals surface area contributed by atoms with E-state index in [1.54, 1.807) is 0 Å². The molecule has 3 nitrogen and oxygen atoms in total. The second-order valence-electron chi connectivity index (χ2n) is 6.64. The number of hydrogen-bond acceptors (Lipinski definition) is 3. The van der Waals surface area contributed by atoms with Crippen molar-refractivity contribution in [3.63, 3.8) is 0 Å². The van der Waals surface area contributed by atoms with E-state index in [4.69, 9.17) is 15.2 Å². The largest absolute Gasteiger partial charge is 0.465 e. The molecule has 3 fully saturated rings. The smallest absolute Gasteiger partial charge is 0.205 e. The Bertz CT molecular complexity index is 419. The molecule has 19 heavy (non-hydrogen) atoms. The maximum atomic E-state index is 6.84. The third-order valence-corrected chi connectivity index (χ3v) is 5.59. The van der Waals surface area contributed by atoms with Gasteiger partial charge in [0, 0.05) is 11.5 Å². The molecule has 2 aliphatic heterocycles. The summed E-state index contributed by atoms with van der Waals surface area (Å²) in [5.41, 5.74) is 7.67. The van der Waals surface area contributed by atoms with Crippen molar-refractivity contribution >= 4 is 0 Å². The fourth-order valence-electron chi connectivity index (χ4n) is 4.19. The normalized spacial score (nSPS) is 50.2. The van der Waals surface area contributed by atoms with Crippen molar-refractivity contribution in [3.05, 3.63) is 24.5 Å². The molecule has 0 spiro atoms. The Morgan fingerprint density at radius 3 is 2.68 bits per heavy atom. The second-order valence-corrected chi connectivity index (χ2v) is 6.64. The SMILES string of the molecule is C=C1OC2OC(C)CC[C@]3(N)C2C(CC[C@H]3C)C1=C. The Balaban J connectivity index is 2.03. The Morgan fingerprint density at radius 2 is 1.95 bits per heavy atom. The van der Waals surface area contributed by atoms with Crippen LogP contribution in [0.1, 0.15) is 39.5 Å². The molecule has 3 rings (SSSR count). The molecule has 106 valence electrons. The van der Waals surface area contributed by atoms with Gasteiger partial charge in [-0.3, -0.25) is 0 Å². The average Bonchev–Trinajstić information content (AvgIpc) is 2.48. The van der Waals surface area contributed by atoms with Gasteiger partial charge in [-0.05, 0) is 50.0 Å². The van der Waals surface area contributed by atoms with Crippen LogP contribution in [0, 0.1) is 17.8 Å². The summed E-state index contributed by atoms with van der Waals surface area (Å²) < 4.78 is 12.0. The van der Waals surface area contributed by atoms with E-state index < -0.39 is 0 Å². The van der Waals surface area contributed by atoms with Crippen LogP contribution in [-0.4, -0.2) is 17.9 Å². The molecule has 1 saturated carbocycles. The van der Waals surface area contributed by atoms with Crippen LogP contribution in [-0.2, 0) is 9.47 Å². The molecule has 2 saturated heterocycles. The maximum absolute atomic E-state index is 6.84. The van der Waals surface area contributed by atoms with Gasteiger partial charge in [-0.1, -0.05) is 20.1 Å². The lowest BCUT2D eigenvalue weighted by Gasteiger charge is -2.53. The van der Waals surface area contributed by atoms with E-state index in [-0.39, 0.29) is 23.9 Å². The minimum absolute atomic E-state index is 0.192. The fraction of sp³-hybridized carbons (Fsp3) is 0.750. The van der Waals surface area contributed by atoms with Gasteiger partial charge in [0.1, 0.15) is 5.76 Å². The van der Waals surface area contributed by atoms with Crippen molar-refractivity contribution in [1.82, 2.24) is 0 Å². The van der Waals surface area contributed by atoms with Crippen LogP contribution in [0.3, 0.4) is 0 Å². The van der Waals surface area contributed by atoms with Crippen LogP contribution in [0.15, 0.2) is 24.5 Å². The van der Waals surface area contributed by atoms with E-state index in [1.165, 1.54) is 0 Å². The van der Waals surface area contributed by atoms with Crippen molar-refractivity contribution in [2.24, 2.45) is 23.5 Å². The van der Waals surface area contributed by atoms with E-state index in [2.05, 4.69) is 27.0 Å². The fourth-order valence-corrected chi connectivity index (χ4v) is 4.19. The third kappa shape index (κ3) is 1.86. The molecule has 0 amide bonds. The van der Waals surface area contributed by atoms with Crippen molar-refractivity contribution in [3.8, 4) is 0 Å². The first-order chi connectivity index (χ1) is 8.93. The van der Waals surface area contributed by atoms with E-state index in [9.17, 15) is 0 Å². The summed E-state index contributed by atoms with van der Waals surface area (Å²) in [5.74, 6) is 1.79. The summed E-state index contributed by atoms with van der Waals surface area (Å²) in [7, 11) is 0. The Morgan fingerprint density at radius 1 is 1.21 bits per heavy atom. The first-order valence-electron chi connectivity index (χ1n) is 7.42. The van der Waals surface area contributed by atoms with Crippen LogP contribution >= 0.6 is 0 Å². The van der Waals surface area contributed by atoms with Crippen LogP contribution < -0.4 is 5.73 Å². The van der Waals surface area contributed by atoms with Gasteiger partial charge in [-0.2, -0.15) is 0 Å². The zero-order valence-corrected chi connectivity index (χ0v) is 12.0. The molecule has 0 aromatic rings. The van der Waals surface area contributed by atoms with Gasteiger partial charge >= 0.3 is 0 Å². The zero-order chi connectivity index (χ0) is 13.8. The van der Waals surface area contributed by atoms with Crippen molar-refractivity contribution < 1.29 is 9.47 Å². The number of allylic oxidation sites excluding steroid dienone is 1. The third-order valence-electron chi connectivity index (χ3n) is 5.59. The molecule has 6 atom stereocenters. The second kappa shape index (κ2) is 4.35. The van der Waals surface area contributed by atoms with Crippen molar-refractivity contribution in [1.29, 1.82) is 0 Å². The summed E-state index contributed by atoms with van der Waals surface area (Å²) in [6.07, 6.45) is 4.25. The lowest BCUT2D eigenvalue weighted by molar-refractivity contribution is -0.203. The quantitative estimate of drug-likeness (QED) is 0.730. The number of nitrogens with two attached hydrogens (primary N) is 1. The molecule has 3 heteroatoms. The molecule has 4 unspecified atom stereocenters. The molecule has 3 aliphatic rings. The molecule has 2 N–H and O–H groups in total. The summed E-state index contributed by atoms with van der Waals surface area (Å²) >= 11 is 0. The maximum Gasteiger partial charge on any atom is 0.205 e. The summed E-state index contributed by atoms with van der Waals surface area (Å²) in [5, 5.41) is 0. The van der Waals surface area contributed by atoms with E-state index >= 15 is 0 Å². The monoisotopic (exact) mass is 263 g/mol. The summed E-state index contributed by atoms with van der Waals surface area (Å²) in [6, 6.07) is 0. The van der Waals surface area contributed by atoms with Gasteiger partial charge in [0.25, 0.3) is 0 Å². The predicted octanol–water partition coefficient (Wildman–Crippen LogP) is 2.97. The van der Waals surface area contributed by atoms with Gasteiger partial charge in [-0.15, -0.1) is 0 Å². The number of hydrogen-bond donors (Lipinski definition) is 1. The summed E-state index contributed by atoms with van der Waals surface area (Å²) in [6.45, 7) is 12.5. The van der Waals surface area contributed by atoms with E-state index in [0.29, 0.717) is 17.6 Å². The highest BCUT2D eigenvalue weighted by molar-refractivity contribution is 5.29. The minimum atomic E-state index is -0.242. The van der Waals surface area contributed by atoms with Gasteiger partial charge in [0.15, 0.2) is 0 Å². The molecule has 0 aromatic carbocycles. The van der Waals surface area contributed by atoms with Gasteiger partial charge in [-0.25, -0.2) is 0 Å².